The molecule has 0 bridgehead atoms. The molecule has 21 heavy (non-hydrogen) atoms. The minimum Gasteiger partial charge on any atom is -0.494 e. The molecule has 0 radical (unpaired) electrons. The fourth-order valence-corrected chi connectivity index (χ4v) is 2.61. The summed E-state index contributed by atoms with van der Waals surface area (Å²) in [7, 11) is 2.09. The Hall–Kier alpha value is -1.50. The molecular weight excluding hydrogens is 302 g/mol. The molecule has 2 N–H and O–H groups in total. The van der Waals surface area contributed by atoms with Crippen LogP contribution in [0.1, 0.15) is 17.7 Å². The van der Waals surface area contributed by atoms with Gasteiger partial charge in [0.25, 0.3) is 0 Å². The van der Waals surface area contributed by atoms with Crippen molar-refractivity contribution in [1.29, 1.82) is 0 Å². The van der Waals surface area contributed by atoms with Crippen LogP contribution in [0.2, 0.25) is 0 Å². The molecule has 4 nitrogen and oxygen atoms in total. The van der Waals surface area contributed by atoms with Crippen molar-refractivity contribution in [2.24, 2.45) is 5.73 Å². The standard InChI is InChI=1S/C15H19N3OS2/c1-18(9-13-10-21-11-17-13)6-3-7-19-14-5-2-4-12(8-14)15(16)20/h2,4-5,8,10-11H,3,6-7,9H2,1H3,(H2,16,20). The van der Waals surface area contributed by atoms with E-state index in [9.17, 15) is 0 Å². The summed E-state index contributed by atoms with van der Waals surface area (Å²) in [5.74, 6) is 0.808. The predicted octanol–water partition coefficient (Wildman–Crippen LogP) is 2.68. The van der Waals surface area contributed by atoms with Crippen LogP contribution in [-0.2, 0) is 6.54 Å². The smallest absolute Gasteiger partial charge is 0.119 e. The van der Waals surface area contributed by atoms with E-state index in [1.165, 1.54) is 0 Å². The molecule has 0 aliphatic rings. The minimum atomic E-state index is 0.392. The van der Waals surface area contributed by atoms with Crippen molar-refractivity contribution in [2.45, 2.75) is 13.0 Å². The van der Waals surface area contributed by atoms with Gasteiger partial charge in [-0.05, 0) is 25.6 Å². The number of nitrogens with two attached hydrogens (primary N) is 1. The van der Waals surface area contributed by atoms with Crippen molar-refractivity contribution in [3.05, 3.63) is 46.4 Å². The van der Waals surface area contributed by atoms with Gasteiger partial charge in [0.2, 0.25) is 0 Å². The summed E-state index contributed by atoms with van der Waals surface area (Å²) < 4.78 is 5.73. The fourth-order valence-electron chi connectivity index (χ4n) is 1.93. The van der Waals surface area contributed by atoms with Crippen LogP contribution in [0.3, 0.4) is 0 Å². The van der Waals surface area contributed by atoms with E-state index < -0.39 is 0 Å². The van der Waals surface area contributed by atoms with Gasteiger partial charge in [-0.25, -0.2) is 4.98 Å². The van der Waals surface area contributed by atoms with Crippen LogP contribution < -0.4 is 10.5 Å². The summed E-state index contributed by atoms with van der Waals surface area (Å²) in [6, 6.07) is 7.58. The molecule has 2 aromatic rings. The maximum absolute atomic E-state index is 5.73. The Labute approximate surface area is 134 Å². The molecule has 2 rings (SSSR count). The highest BCUT2D eigenvalue weighted by Gasteiger charge is 2.03. The molecule has 1 heterocycles. The van der Waals surface area contributed by atoms with Crippen molar-refractivity contribution < 1.29 is 4.74 Å². The van der Waals surface area contributed by atoms with E-state index in [2.05, 4.69) is 22.3 Å². The van der Waals surface area contributed by atoms with Crippen LogP contribution in [0.25, 0.3) is 0 Å². The molecule has 1 aromatic carbocycles. The monoisotopic (exact) mass is 321 g/mol. The Morgan fingerprint density at radius 2 is 2.33 bits per heavy atom. The van der Waals surface area contributed by atoms with Gasteiger partial charge in [0.1, 0.15) is 10.7 Å². The third-order valence-electron chi connectivity index (χ3n) is 2.99. The molecule has 1 aromatic heterocycles. The molecule has 0 spiro atoms. The number of rotatable bonds is 8. The Balaban J connectivity index is 1.69. The molecule has 0 fully saturated rings. The highest BCUT2D eigenvalue weighted by Crippen LogP contribution is 2.13. The van der Waals surface area contributed by atoms with Crippen LogP contribution in [-0.4, -0.2) is 35.1 Å². The first kappa shape index (κ1) is 15.9. The highest BCUT2D eigenvalue weighted by atomic mass is 32.1. The largest absolute Gasteiger partial charge is 0.494 e. The van der Waals surface area contributed by atoms with Gasteiger partial charge < -0.3 is 15.4 Å². The van der Waals surface area contributed by atoms with Gasteiger partial charge in [0, 0.05) is 24.0 Å². The third kappa shape index (κ3) is 5.41. The first-order valence-corrected chi connectivity index (χ1v) is 8.08. The molecule has 0 saturated heterocycles. The third-order valence-corrected chi connectivity index (χ3v) is 3.86. The van der Waals surface area contributed by atoms with Gasteiger partial charge in [-0.15, -0.1) is 11.3 Å². The Bertz CT molecular complexity index is 572. The number of ether oxygens (including phenoxy) is 1. The maximum atomic E-state index is 5.73. The summed E-state index contributed by atoms with van der Waals surface area (Å²) in [6.45, 7) is 2.51. The van der Waals surface area contributed by atoms with Crippen LogP contribution in [0.5, 0.6) is 5.75 Å². The van der Waals surface area contributed by atoms with Crippen molar-refractivity contribution in [2.75, 3.05) is 20.2 Å². The van der Waals surface area contributed by atoms with E-state index in [4.69, 9.17) is 22.7 Å². The van der Waals surface area contributed by atoms with Crippen molar-refractivity contribution >= 4 is 28.5 Å². The van der Waals surface area contributed by atoms with E-state index in [0.717, 1.165) is 36.5 Å². The quantitative estimate of drug-likeness (QED) is 0.598. The molecule has 112 valence electrons. The molecule has 0 aliphatic carbocycles. The highest BCUT2D eigenvalue weighted by molar-refractivity contribution is 7.80. The predicted molar refractivity (Wildman–Crippen MR) is 90.9 cm³/mol. The Kier molecular flexibility index (Phi) is 6.10. The van der Waals surface area contributed by atoms with Crippen molar-refractivity contribution in [3.8, 4) is 5.75 Å². The average Bonchev–Trinajstić information content (AvgIpc) is 2.97. The van der Waals surface area contributed by atoms with E-state index in [-0.39, 0.29) is 0 Å². The normalized spacial score (nSPS) is 10.8. The number of aromatic nitrogens is 1. The summed E-state index contributed by atoms with van der Waals surface area (Å²) in [5.41, 5.74) is 9.42. The summed E-state index contributed by atoms with van der Waals surface area (Å²) in [5, 5.41) is 2.08. The zero-order valence-electron chi connectivity index (χ0n) is 12.0. The van der Waals surface area contributed by atoms with Crippen LogP contribution in [0.4, 0.5) is 0 Å². The lowest BCUT2D eigenvalue weighted by Gasteiger charge is -2.15. The van der Waals surface area contributed by atoms with Gasteiger partial charge >= 0.3 is 0 Å². The molecular formula is C15H19N3OS2. The zero-order chi connectivity index (χ0) is 15.1. The Morgan fingerprint density at radius 1 is 1.48 bits per heavy atom. The second-order valence-electron chi connectivity index (χ2n) is 4.81. The van der Waals surface area contributed by atoms with Crippen LogP contribution >= 0.6 is 23.6 Å². The van der Waals surface area contributed by atoms with Gasteiger partial charge in [0.05, 0.1) is 17.8 Å². The molecule has 0 atom stereocenters. The number of hydrogen-bond acceptors (Lipinski definition) is 5. The number of benzene rings is 1. The minimum absolute atomic E-state index is 0.392. The van der Waals surface area contributed by atoms with Gasteiger partial charge in [-0.2, -0.15) is 0 Å². The van der Waals surface area contributed by atoms with Gasteiger partial charge in [0.15, 0.2) is 0 Å². The van der Waals surface area contributed by atoms with Crippen molar-refractivity contribution in [3.63, 3.8) is 0 Å². The van der Waals surface area contributed by atoms with E-state index in [0.29, 0.717) is 11.6 Å². The average molecular weight is 321 g/mol. The number of thiocarbonyl (C=S) groups is 1. The first-order chi connectivity index (χ1) is 10.1. The lowest BCUT2D eigenvalue weighted by molar-refractivity contribution is 0.257. The topological polar surface area (TPSA) is 51.4 Å². The molecule has 0 saturated carbocycles. The van der Waals surface area contributed by atoms with E-state index >= 15 is 0 Å². The molecule has 0 aliphatic heterocycles. The second-order valence-corrected chi connectivity index (χ2v) is 5.97. The second kappa shape index (κ2) is 8.07. The van der Waals surface area contributed by atoms with Crippen LogP contribution in [0, 0.1) is 0 Å². The number of hydrogen-bond donors (Lipinski definition) is 1. The number of thiazole rings is 1. The van der Waals surface area contributed by atoms with Gasteiger partial charge in [-0.3, -0.25) is 0 Å². The van der Waals surface area contributed by atoms with Gasteiger partial charge in [-0.1, -0.05) is 24.4 Å². The van der Waals surface area contributed by atoms with Crippen molar-refractivity contribution in [1.82, 2.24) is 9.88 Å². The summed E-state index contributed by atoms with van der Waals surface area (Å²) in [4.78, 5) is 6.91. The zero-order valence-corrected chi connectivity index (χ0v) is 13.6. The lowest BCUT2D eigenvalue weighted by Crippen LogP contribution is -2.21. The molecule has 6 heteroatoms. The number of nitrogens with zero attached hydrogens (tertiary/aromatic N) is 2. The SMILES string of the molecule is CN(CCCOc1cccc(C(N)=S)c1)Cc1cscn1. The fraction of sp³-hybridized carbons (Fsp3) is 0.333. The van der Waals surface area contributed by atoms with Crippen LogP contribution in [0.15, 0.2) is 35.2 Å². The Morgan fingerprint density at radius 3 is 3.05 bits per heavy atom. The molecule has 0 unspecified atom stereocenters. The van der Waals surface area contributed by atoms with E-state index in [1.807, 2.05) is 29.8 Å². The summed E-state index contributed by atoms with van der Waals surface area (Å²) in [6.07, 6.45) is 0.956. The van der Waals surface area contributed by atoms with E-state index in [1.54, 1.807) is 11.3 Å². The molecule has 0 amide bonds. The maximum Gasteiger partial charge on any atom is 0.119 e. The first-order valence-electron chi connectivity index (χ1n) is 6.73. The lowest BCUT2D eigenvalue weighted by atomic mass is 10.2. The summed E-state index contributed by atoms with van der Waals surface area (Å²) >= 11 is 6.58.